The highest BCUT2D eigenvalue weighted by Crippen LogP contribution is 2.46. The predicted octanol–water partition coefficient (Wildman–Crippen LogP) is 13.7. The molecule has 0 saturated carbocycles. The highest BCUT2D eigenvalue weighted by Gasteiger charge is 2.19. The molecule has 10 aromatic rings. The van der Waals surface area contributed by atoms with E-state index >= 15 is 0 Å². The topological polar surface area (TPSA) is 13.1 Å². The second kappa shape index (κ2) is 11.1. The molecule has 1 nitrogen and oxygen atoms in total. The SMILES string of the molecule is c1ccc(-c2ccc3c(-c4ccc5oc6ccccc6c5c4)c4ccccc4c(-c4ccc(-c5ccc6ccccc6c5)cc4)c3c2)cc1. The minimum Gasteiger partial charge on any atom is -0.456 e. The minimum absolute atomic E-state index is 0.910. The first kappa shape index (κ1) is 27.7. The third-order valence-corrected chi connectivity index (χ3v) is 10.1. The van der Waals surface area contributed by atoms with E-state index in [0.717, 1.165) is 21.9 Å². The Hall–Kier alpha value is -6.44. The molecule has 0 aliphatic rings. The molecule has 228 valence electrons. The number of hydrogen-bond acceptors (Lipinski definition) is 1. The predicted molar refractivity (Wildman–Crippen MR) is 208 cm³/mol. The van der Waals surface area contributed by atoms with Crippen LogP contribution in [0.15, 0.2) is 186 Å². The molecule has 0 unspecified atom stereocenters. The van der Waals surface area contributed by atoms with Crippen molar-refractivity contribution in [3.63, 3.8) is 0 Å². The van der Waals surface area contributed by atoms with E-state index in [9.17, 15) is 0 Å². The minimum atomic E-state index is 0.910. The van der Waals surface area contributed by atoms with Crippen molar-refractivity contribution in [1.29, 1.82) is 0 Å². The fourth-order valence-electron chi connectivity index (χ4n) is 7.69. The second-order valence-electron chi connectivity index (χ2n) is 12.9. The standard InChI is InChI=1S/C48H30O/c1-2-10-31(11-3-1)37-24-26-42-44(29-37)47(34-21-18-33(19-22-34)36-23-20-32-12-4-5-13-35(32)28-36)40-15-6-7-16-41(40)48(42)38-25-27-46-43(30-38)39-14-8-9-17-45(39)49-46/h1-30H. The van der Waals surface area contributed by atoms with Crippen molar-refractivity contribution in [2.45, 2.75) is 0 Å². The van der Waals surface area contributed by atoms with E-state index < -0.39 is 0 Å². The molecule has 0 saturated heterocycles. The van der Waals surface area contributed by atoms with E-state index in [0.29, 0.717) is 0 Å². The number of fused-ring (bicyclic) bond motifs is 6. The van der Waals surface area contributed by atoms with Crippen molar-refractivity contribution in [1.82, 2.24) is 0 Å². The Morgan fingerprint density at radius 1 is 0.245 bits per heavy atom. The number of benzene rings is 9. The summed E-state index contributed by atoms with van der Waals surface area (Å²) < 4.78 is 6.22. The molecule has 9 aromatic carbocycles. The van der Waals surface area contributed by atoms with Gasteiger partial charge in [0.25, 0.3) is 0 Å². The van der Waals surface area contributed by atoms with Crippen LogP contribution in [0.1, 0.15) is 0 Å². The fraction of sp³-hybridized carbons (Fsp3) is 0. The fourth-order valence-corrected chi connectivity index (χ4v) is 7.69. The van der Waals surface area contributed by atoms with Gasteiger partial charge in [-0.2, -0.15) is 0 Å². The quantitative estimate of drug-likeness (QED) is 0.178. The van der Waals surface area contributed by atoms with Crippen LogP contribution in [0.5, 0.6) is 0 Å². The molecular weight excluding hydrogens is 593 g/mol. The highest BCUT2D eigenvalue weighted by molar-refractivity contribution is 6.22. The summed E-state index contributed by atoms with van der Waals surface area (Å²) in [5, 5.41) is 9.75. The monoisotopic (exact) mass is 622 g/mol. The number of hydrogen-bond donors (Lipinski definition) is 0. The lowest BCUT2D eigenvalue weighted by molar-refractivity contribution is 0.669. The summed E-state index contributed by atoms with van der Waals surface area (Å²) in [6, 6.07) is 65.9. The first-order valence-corrected chi connectivity index (χ1v) is 16.8. The van der Waals surface area contributed by atoms with Crippen molar-refractivity contribution >= 4 is 54.3 Å². The Labute approximate surface area is 284 Å². The van der Waals surface area contributed by atoms with Crippen LogP contribution in [0, 0.1) is 0 Å². The maximum absolute atomic E-state index is 6.22. The van der Waals surface area contributed by atoms with Gasteiger partial charge in [0, 0.05) is 10.8 Å². The molecule has 10 rings (SSSR count). The third-order valence-electron chi connectivity index (χ3n) is 10.1. The molecule has 0 fully saturated rings. The van der Waals surface area contributed by atoms with Gasteiger partial charge in [0.2, 0.25) is 0 Å². The molecule has 0 N–H and O–H groups in total. The van der Waals surface area contributed by atoms with E-state index in [-0.39, 0.29) is 0 Å². The van der Waals surface area contributed by atoms with Crippen LogP contribution < -0.4 is 0 Å². The lowest BCUT2D eigenvalue weighted by Gasteiger charge is -2.19. The van der Waals surface area contributed by atoms with Crippen LogP contribution in [0.2, 0.25) is 0 Å². The Balaban J connectivity index is 1.23. The largest absolute Gasteiger partial charge is 0.456 e. The Morgan fingerprint density at radius 3 is 1.57 bits per heavy atom. The molecular formula is C48H30O. The highest BCUT2D eigenvalue weighted by atomic mass is 16.3. The van der Waals surface area contributed by atoms with Crippen LogP contribution in [0.3, 0.4) is 0 Å². The van der Waals surface area contributed by atoms with Gasteiger partial charge in [-0.3, -0.25) is 0 Å². The van der Waals surface area contributed by atoms with Gasteiger partial charge in [0.1, 0.15) is 11.2 Å². The first-order valence-electron chi connectivity index (χ1n) is 16.8. The van der Waals surface area contributed by atoms with E-state index in [4.69, 9.17) is 4.42 Å². The summed E-state index contributed by atoms with van der Waals surface area (Å²) >= 11 is 0. The summed E-state index contributed by atoms with van der Waals surface area (Å²) in [6.07, 6.45) is 0. The molecule has 1 heteroatoms. The lowest BCUT2D eigenvalue weighted by Crippen LogP contribution is -1.92. The number of para-hydroxylation sites is 1. The summed E-state index contributed by atoms with van der Waals surface area (Å²) in [4.78, 5) is 0. The third kappa shape index (κ3) is 4.55. The van der Waals surface area contributed by atoms with Gasteiger partial charge >= 0.3 is 0 Å². The normalized spacial score (nSPS) is 11.7. The van der Waals surface area contributed by atoms with Crippen LogP contribution in [0.25, 0.3) is 98.8 Å². The zero-order valence-corrected chi connectivity index (χ0v) is 26.7. The molecule has 0 aliphatic heterocycles. The second-order valence-corrected chi connectivity index (χ2v) is 12.9. The van der Waals surface area contributed by atoms with Crippen molar-refractivity contribution < 1.29 is 4.42 Å². The van der Waals surface area contributed by atoms with Gasteiger partial charge in [-0.05, 0) is 107 Å². The van der Waals surface area contributed by atoms with E-state index in [2.05, 4.69) is 170 Å². The molecule has 0 atom stereocenters. The average Bonchev–Trinajstić information content (AvgIpc) is 3.55. The Bertz CT molecular complexity index is 2860. The van der Waals surface area contributed by atoms with Crippen LogP contribution in [0.4, 0.5) is 0 Å². The summed E-state index contributed by atoms with van der Waals surface area (Å²) in [5.41, 5.74) is 11.6. The molecule has 0 bridgehead atoms. The van der Waals surface area contributed by atoms with E-state index in [1.165, 1.54) is 76.8 Å². The summed E-state index contributed by atoms with van der Waals surface area (Å²) in [6.45, 7) is 0. The maximum Gasteiger partial charge on any atom is 0.135 e. The average molecular weight is 623 g/mol. The van der Waals surface area contributed by atoms with Crippen molar-refractivity contribution in [2.24, 2.45) is 0 Å². The van der Waals surface area contributed by atoms with Crippen molar-refractivity contribution in [2.75, 3.05) is 0 Å². The Morgan fingerprint density at radius 2 is 0.755 bits per heavy atom. The molecule has 49 heavy (non-hydrogen) atoms. The van der Waals surface area contributed by atoms with Crippen LogP contribution in [-0.2, 0) is 0 Å². The van der Waals surface area contributed by atoms with Gasteiger partial charge in [-0.25, -0.2) is 0 Å². The number of rotatable bonds is 4. The zero-order valence-electron chi connectivity index (χ0n) is 26.7. The molecule has 0 spiro atoms. The summed E-state index contributed by atoms with van der Waals surface area (Å²) in [5.74, 6) is 0. The summed E-state index contributed by atoms with van der Waals surface area (Å²) in [7, 11) is 0. The Kier molecular flexibility index (Phi) is 6.25. The maximum atomic E-state index is 6.22. The van der Waals surface area contributed by atoms with Gasteiger partial charge in [0.05, 0.1) is 0 Å². The lowest BCUT2D eigenvalue weighted by atomic mass is 9.84. The van der Waals surface area contributed by atoms with Gasteiger partial charge in [0.15, 0.2) is 0 Å². The van der Waals surface area contributed by atoms with Crippen molar-refractivity contribution in [3.8, 4) is 44.5 Å². The first-order chi connectivity index (χ1) is 24.3. The van der Waals surface area contributed by atoms with Gasteiger partial charge in [-0.15, -0.1) is 0 Å². The van der Waals surface area contributed by atoms with E-state index in [1.54, 1.807) is 0 Å². The van der Waals surface area contributed by atoms with Gasteiger partial charge in [-0.1, -0.05) is 152 Å². The molecule has 1 aromatic heterocycles. The molecule has 0 radical (unpaired) electrons. The van der Waals surface area contributed by atoms with Crippen LogP contribution >= 0.6 is 0 Å². The smallest absolute Gasteiger partial charge is 0.135 e. The van der Waals surface area contributed by atoms with E-state index in [1.807, 2.05) is 12.1 Å². The molecule has 0 amide bonds. The van der Waals surface area contributed by atoms with Crippen LogP contribution in [-0.4, -0.2) is 0 Å². The number of furan rings is 1. The molecule has 1 heterocycles. The zero-order chi connectivity index (χ0) is 32.3. The molecule has 0 aliphatic carbocycles. The van der Waals surface area contributed by atoms with Crippen molar-refractivity contribution in [3.05, 3.63) is 182 Å². The van der Waals surface area contributed by atoms with Gasteiger partial charge < -0.3 is 4.42 Å².